The van der Waals surface area contributed by atoms with Crippen LogP contribution >= 0.6 is 0 Å². The first-order valence-electron chi connectivity index (χ1n) is 5.61. The Balaban J connectivity index is 0.000000810. The second-order valence-corrected chi connectivity index (χ2v) is 5.95. The van der Waals surface area contributed by atoms with Crippen LogP contribution in [0, 0.1) is 13.8 Å². The molecule has 0 atom stereocenters. The number of hydrogen-bond donors (Lipinski definition) is 0. The van der Waals surface area contributed by atoms with Gasteiger partial charge in [-0.1, -0.05) is 0 Å². The zero-order valence-corrected chi connectivity index (χ0v) is 14.3. The van der Waals surface area contributed by atoms with Crippen molar-refractivity contribution in [2.45, 2.75) is 20.3 Å². The van der Waals surface area contributed by atoms with Crippen LogP contribution in [0.2, 0.25) is 0 Å². The average molecular weight is 355 g/mol. The smallest absolute Gasteiger partial charge is 1.00 e. The van der Waals surface area contributed by atoms with Gasteiger partial charge in [0.15, 0.2) is 0 Å². The molecular formula is C15H13Cl2Zr. The van der Waals surface area contributed by atoms with Crippen LogP contribution in [0.3, 0.4) is 0 Å². The Hall–Kier alpha value is -0.0969. The van der Waals surface area contributed by atoms with E-state index < -0.39 is 0 Å². The molecule has 0 aliphatic heterocycles. The first-order valence-corrected chi connectivity index (χ1v) is 6.83. The van der Waals surface area contributed by atoms with Gasteiger partial charge in [-0.3, -0.25) is 0 Å². The molecule has 3 heteroatoms. The maximum atomic E-state index is 2.35. The van der Waals surface area contributed by atoms with Crippen molar-refractivity contribution in [2.24, 2.45) is 0 Å². The van der Waals surface area contributed by atoms with Gasteiger partial charge in [0, 0.05) is 0 Å². The summed E-state index contributed by atoms with van der Waals surface area (Å²) < 4.78 is 1.53. The van der Waals surface area contributed by atoms with Crippen LogP contribution in [0.4, 0.5) is 0 Å². The fourth-order valence-electron chi connectivity index (χ4n) is 2.68. The van der Waals surface area contributed by atoms with Gasteiger partial charge in [-0.2, -0.15) is 0 Å². The van der Waals surface area contributed by atoms with Crippen molar-refractivity contribution in [2.75, 3.05) is 0 Å². The van der Waals surface area contributed by atoms with E-state index in [9.17, 15) is 0 Å². The molecule has 0 aromatic heterocycles. The van der Waals surface area contributed by atoms with Crippen molar-refractivity contribution < 1.29 is 49.5 Å². The van der Waals surface area contributed by atoms with Crippen LogP contribution in [0.1, 0.15) is 22.3 Å². The molecule has 0 bridgehead atoms. The molecule has 0 heterocycles. The molecule has 0 amide bonds. The maximum absolute atomic E-state index is 2.35. The average Bonchev–Trinajstić information content (AvgIpc) is 2.58. The van der Waals surface area contributed by atoms with Gasteiger partial charge in [-0.15, -0.1) is 0 Å². The molecule has 0 nitrogen and oxygen atoms in total. The SMILES string of the molecule is Cc1c[c]([Zr+2])c2c(c1)-c1c(C)cccc1C2.[Cl-].[Cl-]. The first kappa shape index (κ1) is 16.0. The van der Waals surface area contributed by atoms with Crippen molar-refractivity contribution in [1.29, 1.82) is 0 Å². The van der Waals surface area contributed by atoms with Gasteiger partial charge < -0.3 is 24.8 Å². The summed E-state index contributed by atoms with van der Waals surface area (Å²) in [7, 11) is 0. The molecular weight excluding hydrogens is 342 g/mol. The number of hydrogen-bond acceptors (Lipinski definition) is 0. The molecule has 0 saturated carbocycles. The molecule has 0 saturated heterocycles. The molecule has 91 valence electrons. The van der Waals surface area contributed by atoms with Gasteiger partial charge in [-0.25, -0.2) is 0 Å². The van der Waals surface area contributed by atoms with E-state index >= 15 is 0 Å². The molecule has 3 rings (SSSR count). The van der Waals surface area contributed by atoms with E-state index in [0.717, 1.165) is 6.42 Å². The predicted octanol–water partition coefficient (Wildman–Crippen LogP) is -2.95. The van der Waals surface area contributed by atoms with E-state index in [4.69, 9.17) is 0 Å². The molecule has 1 aliphatic rings. The number of aryl methyl sites for hydroxylation is 2. The molecule has 2 aromatic rings. The Labute approximate surface area is 136 Å². The van der Waals surface area contributed by atoms with E-state index in [-0.39, 0.29) is 24.8 Å². The minimum atomic E-state index is 0. The first-order chi connectivity index (χ1) is 7.66. The second kappa shape index (κ2) is 5.91. The zero-order valence-electron chi connectivity index (χ0n) is 10.3. The number of rotatable bonds is 0. The summed E-state index contributed by atoms with van der Waals surface area (Å²) in [5.41, 5.74) is 8.85. The summed E-state index contributed by atoms with van der Waals surface area (Å²) in [6, 6.07) is 11.3. The Morgan fingerprint density at radius 3 is 2.50 bits per heavy atom. The van der Waals surface area contributed by atoms with E-state index in [1.807, 2.05) is 0 Å². The normalized spacial score (nSPS) is 11.1. The molecule has 2 aromatic carbocycles. The topological polar surface area (TPSA) is 0 Å². The molecule has 1 aliphatic carbocycles. The van der Waals surface area contributed by atoms with Crippen LogP contribution in [0.5, 0.6) is 0 Å². The van der Waals surface area contributed by atoms with Gasteiger partial charge in [0.05, 0.1) is 0 Å². The summed E-state index contributed by atoms with van der Waals surface area (Å²) in [5, 5.41) is 0. The maximum Gasteiger partial charge on any atom is -1.00 e. The standard InChI is InChI=1S/C15H13.2ClH.Zr/c1-10-6-7-12-9-13-5-3-4-11(2)15(13)14(12)8-10;;;/h3-6,8H,9H2,1-2H3;2*1H;/q;;;+2/p-2. The fourth-order valence-corrected chi connectivity index (χ4v) is 3.79. The van der Waals surface area contributed by atoms with Crippen molar-refractivity contribution in [3.05, 3.63) is 52.6 Å². The van der Waals surface area contributed by atoms with Gasteiger partial charge >= 0.3 is 112 Å². The third-order valence-corrected chi connectivity index (χ3v) is 4.49. The fraction of sp³-hybridized carbons (Fsp3) is 0.200. The Kier molecular flexibility index (Phi) is 5.24. The third kappa shape index (κ3) is 2.46. The van der Waals surface area contributed by atoms with Crippen LogP contribution in [0.25, 0.3) is 11.1 Å². The third-order valence-electron chi connectivity index (χ3n) is 3.39. The van der Waals surface area contributed by atoms with Crippen LogP contribution in [-0.4, -0.2) is 0 Å². The monoisotopic (exact) mass is 353 g/mol. The molecule has 18 heavy (non-hydrogen) atoms. The minimum Gasteiger partial charge on any atom is -1.00 e. The number of halogens is 2. The van der Waals surface area contributed by atoms with Crippen molar-refractivity contribution in [3.63, 3.8) is 0 Å². The predicted molar refractivity (Wildman–Crippen MR) is 63.8 cm³/mol. The summed E-state index contributed by atoms with van der Waals surface area (Å²) in [6.07, 6.45) is 1.13. The molecule has 0 fully saturated rings. The van der Waals surface area contributed by atoms with Crippen LogP contribution < -0.4 is 28.1 Å². The Morgan fingerprint density at radius 2 is 1.78 bits per heavy atom. The zero-order chi connectivity index (χ0) is 11.3. The van der Waals surface area contributed by atoms with Gasteiger partial charge in [0.25, 0.3) is 0 Å². The molecule has 0 N–H and O–H groups in total. The van der Waals surface area contributed by atoms with Crippen molar-refractivity contribution in [3.8, 4) is 11.1 Å². The number of benzene rings is 2. The van der Waals surface area contributed by atoms with E-state index in [2.05, 4.69) is 44.2 Å². The van der Waals surface area contributed by atoms with E-state index in [1.54, 1.807) is 5.56 Å². The Bertz CT molecular complexity index is 591. The van der Waals surface area contributed by atoms with E-state index in [1.165, 1.54) is 55.8 Å². The number of fused-ring (bicyclic) bond motifs is 3. The minimum absolute atomic E-state index is 0. The quantitative estimate of drug-likeness (QED) is 0.405. The van der Waals surface area contributed by atoms with E-state index in [0.29, 0.717) is 0 Å². The molecule has 0 spiro atoms. The largest absolute Gasteiger partial charge is 1.00 e. The van der Waals surface area contributed by atoms with Crippen molar-refractivity contribution >= 4 is 3.27 Å². The van der Waals surface area contributed by atoms with Crippen molar-refractivity contribution in [1.82, 2.24) is 0 Å². The van der Waals surface area contributed by atoms with Gasteiger partial charge in [-0.05, 0) is 0 Å². The molecule has 0 radical (unpaired) electrons. The van der Waals surface area contributed by atoms with Crippen LogP contribution in [-0.2, 0) is 31.1 Å². The summed E-state index contributed by atoms with van der Waals surface area (Å²) >= 11 is 1.53. The Morgan fingerprint density at radius 1 is 1.06 bits per heavy atom. The summed E-state index contributed by atoms with van der Waals surface area (Å²) in [6.45, 7) is 4.42. The van der Waals surface area contributed by atoms with Gasteiger partial charge in [0.1, 0.15) is 0 Å². The van der Waals surface area contributed by atoms with Crippen LogP contribution in [0.15, 0.2) is 30.3 Å². The van der Waals surface area contributed by atoms with Gasteiger partial charge in [0.2, 0.25) is 0 Å². The second-order valence-electron chi connectivity index (χ2n) is 4.62. The summed E-state index contributed by atoms with van der Waals surface area (Å²) in [5.74, 6) is 0. The molecule has 0 unspecified atom stereocenters. The summed E-state index contributed by atoms with van der Waals surface area (Å²) in [4.78, 5) is 0.